The number of alkyl halides is 3. The fourth-order valence-electron chi connectivity index (χ4n) is 2.67. The topological polar surface area (TPSA) is 58.2 Å². The Morgan fingerprint density at radius 2 is 1.76 bits per heavy atom. The van der Waals surface area contributed by atoms with Crippen LogP contribution in [0.5, 0.6) is 0 Å². The van der Waals surface area contributed by atoms with Gasteiger partial charge in [-0.1, -0.05) is 18.2 Å². The summed E-state index contributed by atoms with van der Waals surface area (Å²) >= 11 is 0. The highest BCUT2D eigenvalue weighted by Crippen LogP contribution is 2.34. The summed E-state index contributed by atoms with van der Waals surface area (Å²) in [6.07, 6.45) is -4.98. The van der Waals surface area contributed by atoms with Gasteiger partial charge in [0.15, 0.2) is 0 Å². The van der Waals surface area contributed by atoms with Gasteiger partial charge in [-0.2, -0.15) is 13.2 Å². The molecule has 0 aliphatic carbocycles. The number of fused-ring (bicyclic) bond motifs is 1. The molecule has 0 aromatic heterocycles. The SMILES string of the molecule is O=S(=O)(NCc1ccc2c(c1)CNC2)c1ccc(F)cc1C(F)(F)F. The predicted molar refractivity (Wildman–Crippen MR) is 82.4 cm³/mol. The van der Waals surface area contributed by atoms with Crippen molar-refractivity contribution in [3.8, 4) is 0 Å². The molecule has 25 heavy (non-hydrogen) atoms. The van der Waals surface area contributed by atoms with Gasteiger partial charge in [0.1, 0.15) is 5.82 Å². The van der Waals surface area contributed by atoms with E-state index in [9.17, 15) is 26.0 Å². The summed E-state index contributed by atoms with van der Waals surface area (Å²) in [5.41, 5.74) is 1.22. The van der Waals surface area contributed by atoms with E-state index in [-0.39, 0.29) is 12.6 Å². The van der Waals surface area contributed by atoms with Crippen LogP contribution in [0, 0.1) is 5.82 Å². The lowest BCUT2D eigenvalue weighted by Crippen LogP contribution is -2.26. The van der Waals surface area contributed by atoms with Crippen molar-refractivity contribution in [3.05, 3.63) is 64.5 Å². The molecule has 4 nitrogen and oxygen atoms in total. The molecule has 0 radical (unpaired) electrons. The summed E-state index contributed by atoms with van der Waals surface area (Å²) in [7, 11) is -4.46. The van der Waals surface area contributed by atoms with Gasteiger partial charge in [0, 0.05) is 19.6 Å². The lowest BCUT2D eigenvalue weighted by atomic mass is 10.1. The number of benzene rings is 2. The summed E-state index contributed by atoms with van der Waals surface area (Å²) in [6.45, 7) is 1.22. The van der Waals surface area contributed by atoms with E-state index >= 15 is 0 Å². The van der Waals surface area contributed by atoms with Gasteiger partial charge in [-0.25, -0.2) is 17.5 Å². The molecule has 134 valence electrons. The van der Waals surface area contributed by atoms with Crippen molar-refractivity contribution < 1.29 is 26.0 Å². The molecule has 0 atom stereocenters. The van der Waals surface area contributed by atoms with E-state index in [1.807, 2.05) is 6.07 Å². The monoisotopic (exact) mass is 374 g/mol. The second kappa shape index (κ2) is 6.40. The summed E-state index contributed by atoms with van der Waals surface area (Å²) in [4.78, 5) is -0.996. The molecule has 0 amide bonds. The number of hydrogen-bond acceptors (Lipinski definition) is 3. The Morgan fingerprint density at radius 3 is 2.48 bits per heavy atom. The van der Waals surface area contributed by atoms with Crippen molar-refractivity contribution in [2.24, 2.45) is 0 Å². The summed E-state index contributed by atoms with van der Waals surface area (Å²) < 4.78 is 78.8. The van der Waals surface area contributed by atoms with Crippen LogP contribution in [0.2, 0.25) is 0 Å². The number of halogens is 4. The lowest BCUT2D eigenvalue weighted by molar-refractivity contribution is -0.140. The predicted octanol–water partition coefficient (Wildman–Crippen LogP) is 2.93. The highest BCUT2D eigenvalue weighted by molar-refractivity contribution is 7.89. The number of nitrogens with one attached hydrogen (secondary N) is 2. The molecule has 2 N–H and O–H groups in total. The van der Waals surface area contributed by atoms with Gasteiger partial charge >= 0.3 is 6.18 Å². The zero-order chi connectivity index (χ0) is 18.2. The minimum absolute atomic E-state index is 0.162. The van der Waals surface area contributed by atoms with Crippen LogP contribution >= 0.6 is 0 Å². The van der Waals surface area contributed by atoms with Gasteiger partial charge in [-0.15, -0.1) is 0 Å². The van der Waals surface area contributed by atoms with E-state index in [0.717, 1.165) is 17.7 Å². The molecule has 0 saturated carbocycles. The highest BCUT2D eigenvalue weighted by atomic mass is 32.2. The smallest absolute Gasteiger partial charge is 0.309 e. The normalized spacial score (nSPS) is 14.6. The van der Waals surface area contributed by atoms with Crippen molar-refractivity contribution in [3.63, 3.8) is 0 Å². The fourth-order valence-corrected chi connectivity index (χ4v) is 3.90. The first-order chi connectivity index (χ1) is 11.7. The average Bonchev–Trinajstić information content (AvgIpc) is 2.99. The van der Waals surface area contributed by atoms with E-state index in [0.29, 0.717) is 24.2 Å². The maximum Gasteiger partial charge on any atom is 0.417 e. The maximum absolute atomic E-state index is 13.1. The van der Waals surface area contributed by atoms with Gasteiger partial charge in [0.05, 0.1) is 10.5 Å². The molecule has 2 aromatic rings. The van der Waals surface area contributed by atoms with Crippen LogP contribution in [-0.2, 0) is 35.8 Å². The zero-order valence-electron chi connectivity index (χ0n) is 12.8. The lowest BCUT2D eigenvalue weighted by Gasteiger charge is -2.14. The van der Waals surface area contributed by atoms with Crippen LogP contribution in [0.4, 0.5) is 17.6 Å². The Balaban J connectivity index is 1.85. The van der Waals surface area contributed by atoms with Gasteiger partial charge in [0.2, 0.25) is 10.0 Å². The van der Waals surface area contributed by atoms with Crippen LogP contribution in [-0.4, -0.2) is 8.42 Å². The fraction of sp³-hybridized carbons (Fsp3) is 0.250. The molecule has 1 aliphatic rings. The average molecular weight is 374 g/mol. The first-order valence-corrected chi connectivity index (χ1v) is 8.83. The summed E-state index contributed by atoms with van der Waals surface area (Å²) in [5, 5.41) is 3.14. The number of hydrogen-bond donors (Lipinski definition) is 2. The Morgan fingerprint density at radius 1 is 1.04 bits per heavy atom. The Bertz CT molecular complexity index is 911. The summed E-state index contributed by atoms with van der Waals surface area (Å²) in [5.74, 6) is -1.16. The minimum Gasteiger partial charge on any atom is -0.309 e. The highest BCUT2D eigenvalue weighted by Gasteiger charge is 2.37. The third kappa shape index (κ3) is 3.83. The van der Waals surface area contributed by atoms with Crippen molar-refractivity contribution in [2.45, 2.75) is 30.7 Å². The maximum atomic E-state index is 13.1. The third-order valence-electron chi connectivity index (χ3n) is 3.90. The van der Waals surface area contributed by atoms with E-state index in [4.69, 9.17) is 0 Å². The van der Waals surface area contributed by atoms with Crippen molar-refractivity contribution >= 4 is 10.0 Å². The molecule has 2 aromatic carbocycles. The molecule has 0 saturated heterocycles. The third-order valence-corrected chi connectivity index (χ3v) is 5.36. The van der Waals surface area contributed by atoms with E-state index < -0.39 is 32.5 Å². The van der Waals surface area contributed by atoms with Gasteiger partial charge < -0.3 is 5.32 Å². The van der Waals surface area contributed by atoms with Crippen LogP contribution in [0.1, 0.15) is 22.3 Å². The minimum atomic E-state index is -4.98. The van der Waals surface area contributed by atoms with Crippen molar-refractivity contribution in [2.75, 3.05) is 0 Å². The number of rotatable bonds is 4. The van der Waals surface area contributed by atoms with Crippen LogP contribution in [0.3, 0.4) is 0 Å². The van der Waals surface area contributed by atoms with Crippen LogP contribution in [0.25, 0.3) is 0 Å². The number of sulfonamides is 1. The molecular formula is C16H14F4N2O2S. The van der Waals surface area contributed by atoms with Crippen molar-refractivity contribution in [1.82, 2.24) is 10.0 Å². The van der Waals surface area contributed by atoms with E-state index in [2.05, 4.69) is 10.0 Å². The molecule has 1 aliphatic heterocycles. The molecule has 9 heteroatoms. The molecular weight excluding hydrogens is 360 g/mol. The molecule has 0 spiro atoms. The molecule has 0 bridgehead atoms. The molecule has 3 rings (SSSR count). The van der Waals surface area contributed by atoms with Crippen molar-refractivity contribution in [1.29, 1.82) is 0 Å². The molecule has 1 heterocycles. The standard InChI is InChI=1S/C16H14F4N2O2S/c17-13-3-4-15(14(6-13)16(18,19)20)25(23,24)22-7-10-1-2-11-8-21-9-12(11)5-10/h1-6,21-22H,7-9H2. The quantitative estimate of drug-likeness (QED) is 0.809. The molecule has 0 fully saturated rings. The second-order valence-corrected chi connectivity index (χ2v) is 7.40. The largest absolute Gasteiger partial charge is 0.417 e. The summed E-state index contributed by atoms with van der Waals surface area (Å²) in [6, 6.07) is 6.84. The van der Waals surface area contributed by atoms with Gasteiger partial charge in [0.25, 0.3) is 0 Å². The van der Waals surface area contributed by atoms with E-state index in [1.165, 1.54) is 0 Å². The second-order valence-electron chi connectivity index (χ2n) is 5.67. The molecule has 0 unspecified atom stereocenters. The Labute approximate surface area is 141 Å². The Kier molecular flexibility index (Phi) is 4.56. The zero-order valence-corrected chi connectivity index (χ0v) is 13.6. The first kappa shape index (κ1) is 17.8. The van der Waals surface area contributed by atoms with Crippen LogP contribution < -0.4 is 10.0 Å². The Hall–Kier alpha value is -1.97. The van der Waals surface area contributed by atoms with Gasteiger partial charge in [-0.3, -0.25) is 0 Å². The van der Waals surface area contributed by atoms with E-state index in [1.54, 1.807) is 12.1 Å². The first-order valence-electron chi connectivity index (χ1n) is 7.34. The van der Waals surface area contributed by atoms with Crippen LogP contribution in [0.15, 0.2) is 41.3 Å². The van der Waals surface area contributed by atoms with Gasteiger partial charge in [-0.05, 0) is 34.9 Å².